The van der Waals surface area contributed by atoms with Crippen molar-refractivity contribution in [2.75, 3.05) is 13.1 Å². The van der Waals surface area contributed by atoms with Gasteiger partial charge in [0.1, 0.15) is 6.54 Å². The van der Waals surface area contributed by atoms with Crippen molar-refractivity contribution >= 4 is 28.5 Å². The quantitative estimate of drug-likeness (QED) is 0.564. The number of hydrogen-bond donors (Lipinski definition) is 1. The summed E-state index contributed by atoms with van der Waals surface area (Å²) in [5.41, 5.74) is 1.33. The van der Waals surface area contributed by atoms with Gasteiger partial charge in [-0.1, -0.05) is 39.0 Å². The van der Waals surface area contributed by atoms with E-state index < -0.39 is 11.7 Å². The van der Waals surface area contributed by atoms with Crippen LogP contribution in [0.1, 0.15) is 69.7 Å². The Morgan fingerprint density at radius 2 is 1.78 bits per heavy atom. The summed E-state index contributed by atoms with van der Waals surface area (Å²) in [6.07, 6.45) is 7.84. The molecule has 1 N–H and O–H groups in total. The molecule has 0 unspecified atom stereocenters. The molecule has 2 heterocycles. The first-order chi connectivity index (χ1) is 15.2. The van der Waals surface area contributed by atoms with E-state index in [4.69, 9.17) is 0 Å². The minimum absolute atomic E-state index is 0.0132. The van der Waals surface area contributed by atoms with Crippen LogP contribution >= 0.6 is 0 Å². The number of carbonyl (C=O) groups excluding carboxylic acids is 3. The lowest BCUT2D eigenvalue weighted by Gasteiger charge is -2.39. The Morgan fingerprint density at radius 1 is 1.06 bits per heavy atom. The summed E-state index contributed by atoms with van der Waals surface area (Å²) < 4.78 is 1.82. The third-order valence-corrected chi connectivity index (χ3v) is 6.98. The first-order valence-electron chi connectivity index (χ1n) is 11.9. The van der Waals surface area contributed by atoms with Crippen LogP contribution in [0.25, 0.3) is 10.9 Å². The van der Waals surface area contributed by atoms with Crippen molar-refractivity contribution in [1.29, 1.82) is 0 Å². The lowest BCUT2D eigenvalue weighted by Crippen LogP contribution is -2.45. The minimum Gasteiger partial charge on any atom is -0.346 e. The van der Waals surface area contributed by atoms with Crippen LogP contribution in [0.4, 0.5) is 0 Å². The number of nitrogens with zero attached hydrogens (tertiary/aromatic N) is 2. The lowest BCUT2D eigenvalue weighted by atomic mass is 9.70. The van der Waals surface area contributed by atoms with Gasteiger partial charge in [-0.2, -0.15) is 0 Å². The molecule has 2 amide bonds. The topological polar surface area (TPSA) is 71.4 Å². The minimum atomic E-state index is -0.551. The van der Waals surface area contributed by atoms with E-state index in [1.807, 2.05) is 33.7 Å². The van der Waals surface area contributed by atoms with E-state index >= 15 is 0 Å². The highest BCUT2D eigenvalue weighted by atomic mass is 16.2. The van der Waals surface area contributed by atoms with Gasteiger partial charge in [0.15, 0.2) is 0 Å². The molecule has 2 fully saturated rings. The molecule has 0 bridgehead atoms. The highest BCUT2D eigenvalue weighted by Gasteiger charge is 2.34. The summed E-state index contributed by atoms with van der Waals surface area (Å²) in [7, 11) is 0. The Labute approximate surface area is 190 Å². The molecule has 2 aliphatic rings. The van der Waals surface area contributed by atoms with Crippen LogP contribution in [0.2, 0.25) is 0 Å². The molecule has 0 spiro atoms. The van der Waals surface area contributed by atoms with Gasteiger partial charge in [-0.25, -0.2) is 0 Å². The fraction of sp³-hybridized carbons (Fsp3) is 0.577. The number of para-hydroxylation sites is 1. The number of aromatic nitrogens is 1. The zero-order chi connectivity index (χ0) is 22.9. The molecule has 1 saturated heterocycles. The summed E-state index contributed by atoms with van der Waals surface area (Å²) in [6, 6.07) is 7.52. The first-order valence-corrected chi connectivity index (χ1v) is 11.9. The monoisotopic (exact) mass is 437 g/mol. The number of piperidine rings is 1. The van der Waals surface area contributed by atoms with Crippen LogP contribution in [0, 0.1) is 11.3 Å². The van der Waals surface area contributed by atoms with Crippen LogP contribution in [0.5, 0.6) is 0 Å². The number of benzene rings is 1. The molecular formula is C26H35N3O3. The molecule has 2 aromatic rings. The predicted octanol–water partition coefficient (Wildman–Crippen LogP) is 4.17. The lowest BCUT2D eigenvalue weighted by molar-refractivity contribution is -0.132. The zero-order valence-electron chi connectivity index (χ0n) is 19.5. The summed E-state index contributed by atoms with van der Waals surface area (Å²) >= 11 is 0. The Hall–Kier alpha value is -2.63. The molecule has 1 aliphatic heterocycles. The van der Waals surface area contributed by atoms with Gasteiger partial charge in [-0.05, 0) is 55.9 Å². The summed E-state index contributed by atoms with van der Waals surface area (Å²) in [4.78, 5) is 40.8. The van der Waals surface area contributed by atoms with E-state index in [1.54, 1.807) is 6.20 Å². The van der Waals surface area contributed by atoms with E-state index in [0.29, 0.717) is 11.5 Å². The fourth-order valence-corrected chi connectivity index (χ4v) is 5.78. The van der Waals surface area contributed by atoms with Gasteiger partial charge in [-0.3, -0.25) is 14.4 Å². The number of ketones is 1. The largest absolute Gasteiger partial charge is 0.346 e. The van der Waals surface area contributed by atoms with Gasteiger partial charge < -0.3 is 14.8 Å². The maximum absolute atomic E-state index is 13.2. The standard InChI is InChI=1S/C26H35N3O3/c1-18-13-19(15-26(2,3)14-18)27-25(32)24(31)21-16-29(22-10-6-5-9-20(21)22)17-23(30)28-11-7-4-8-12-28/h5-6,9-10,16,18-19H,4,7-8,11-15,17H2,1-3H3,(H,27,32)/t18-,19-/m1/s1. The molecule has 32 heavy (non-hydrogen) atoms. The smallest absolute Gasteiger partial charge is 0.292 e. The number of likely N-dealkylation sites (tertiary alicyclic amines) is 1. The van der Waals surface area contributed by atoms with E-state index in [-0.39, 0.29) is 23.9 Å². The molecule has 1 aromatic heterocycles. The van der Waals surface area contributed by atoms with Crippen LogP contribution in [0.15, 0.2) is 30.5 Å². The van der Waals surface area contributed by atoms with Gasteiger partial charge >= 0.3 is 0 Å². The average Bonchev–Trinajstić information content (AvgIpc) is 3.10. The second kappa shape index (κ2) is 9.08. The predicted molar refractivity (Wildman–Crippen MR) is 125 cm³/mol. The first kappa shape index (κ1) is 22.6. The van der Waals surface area contributed by atoms with Gasteiger partial charge in [0.05, 0.1) is 5.56 Å². The summed E-state index contributed by atoms with van der Waals surface area (Å²) in [5.74, 6) is -0.499. The van der Waals surface area contributed by atoms with Gasteiger partial charge in [0, 0.05) is 36.2 Å². The highest BCUT2D eigenvalue weighted by Crippen LogP contribution is 2.38. The van der Waals surface area contributed by atoms with E-state index in [1.165, 1.54) is 6.42 Å². The van der Waals surface area contributed by atoms with Crippen molar-refractivity contribution in [3.05, 3.63) is 36.0 Å². The van der Waals surface area contributed by atoms with Crippen molar-refractivity contribution in [1.82, 2.24) is 14.8 Å². The molecule has 0 radical (unpaired) electrons. The number of Topliss-reactive ketones (excluding diaryl/α,β-unsaturated/α-hetero) is 1. The number of fused-ring (bicyclic) bond motifs is 1. The Morgan fingerprint density at radius 3 is 2.50 bits per heavy atom. The number of carbonyl (C=O) groups is 3. The van der Waals surface area contributed by atoms with Crippen LogP contribution in [-0.4, -0.2) is 46.2 Å². The van der Waals surface area contributed by atoms with Crippen molar-refractivity contribution in [2.45, 2.75) is 71.9 Å². The third kappa shape index (κ3) is 4.89. The van der Waals surface area contributed by atoms with Crippen molar-refractivity contribution < 1.29 is 14.4 Å². The molecule has 1 aromatic carbocycles. The van der Waals surface area contributed by atoms with Gasteiger partial charge in [-0.15, -0.1) is 0 Å². The molecule has 1 saturated carbocycles. The number of rotatable bonds is 5. The average molecular weight is 438 g/mol. The highest BCUT2D eigenvalue weighted by molar-refractivity contribution is 6.45. The van der Waals surface area contributed by atoms with Crippen molar-refractivity contribution in [3.8, 4) is 0 Å². The summed E-state index contributed by atoms with van der Waals surface area (Å²) in [5, 5.41) is 3.72. The van der Waals surface area contributed by atoms with E-state index in [9.17, 15) is 14.4 Å². The van der Waals surface area contributed by atoms with Gasteiger partial charge in [0.2, 0.25) is 5.91 Å². The Bertz CT molecular complexity index is 1020. The van der Waals surface area contributed by atoms with Gasteiger partial charge in [0.25, 0.3) is 11.7 Å². The number of nitrogens with one attached hydrogen (secondary N) is 1. The second-order valence-electron chi connectivity index (χ2n) is 10.5. The maximum Gasteiger partial charge on any atom is 0.292 e. The molecule has 6 heteroatoms. The van der Waals surface area contributed by atoms with Crippen molar-refractivity contribution in [3.63, 3.8) is 0 Å². The molecule has 2 atom stereocenters. The van der Waals surface area contributed by atoms with E-state index in [0.717, 1.165) is 56.1 Å². The SMILES string of the molecule is C[C@@H]1C[C@@H](NC(=O)C(=O)c2cn(CC(=O)N3CCCCC3)c3ccccc23)CC(C)(C)C1. The summed E-state index contributed by atoms with van der Waals surface area (Å²) in [6.45, 7) is 8.41. The van der Waals surface area contributed by atoms with Crippen LogP contribution < -0.4 is 5.32 Å². The number of amides is 2. The fourth-order valence-electron chi connectivity index (χ4n) is 5.78. The molecule has 6 nitrogen and oxygen atoms in total. The normalized spacial score (nSPS) is 23.2. The molecule has 1 aliphatic carbocycles. The molecule has 4 rings (SSSR count). The Balaban J connectivity index is 1.52. The van der Waals surface area contributed by atoms with Crippen LogP contribution in [0.3, 0.4) is 0 Å². The Kier molecular flexibility index (Phi) is 6.40. The van der Waals surface area contributed by atoms with Crippen LogP contribution in [-0.2, 0) is 16.1 Å². The van der Waals surface area contributed by atoms with Crippen molar-refractivity contribution in [2.24, 2.45) is 11.3 Å². The number of hydrogen-bond acceptors (Lipinski definition) is 3. The second-order valence-corrected chi connectivity index (χ2v) is 10.5. The maximum atomic E-state index is 13.2. The van der Waals surface area contributed by atoms with E-state index in [2.05, 4.69) is 26.1 Å². The molecule has 172 valence electrons. The molecular weight excluding hydrogens is 402 g/mol. The zero-order valence-corrected chi connectivity index (χ0v) is 19.5. The third-order valence-electron chi connectivity index (χ3n) is 6.98.